The van der Waals surface area contributed by atoms with Crippen molar-refractivity contribution >= 4 is 22.4 Å². The lowest BCUT2D eigenvalue weighted by molar-refractivity contribution is 0.131. The van der Waals surface area contributed by atoms with Crippen LogP contribution in [0.15, 0.2) is 29.1 Å². The van der Waals surface area contributed by atoms with Gasteiger partial charge in [-0.1, -0.05) is 11.6 Å². The summed E-state index contributed by atoms with van der Waals surface area (Å²) in [5.41, 5.74) is -0.451. The van der Waals surface area contributed by atoms with Crippen molar-refractivity contribution < 1.29 is 4.74 Å². The Hall–Kier alpha value is -1.48. The van der Waals surface area contributed by atoms with Gasteiger partial charge in [-0.3, -0.25) is 4.79 Å². The minimum Gasteiger partial charge on any atom is -0.488 e. The predicted octanol–water partition coefficient (Wildman–Crippen LogP) is 3.36. The lowest BCUT2D eigenvalue weighted by Crippen LogP contribution is -2.22. The van der Waals surface area contributed by atoms with Gasteiger partial charge in [0.15, 0.2) is 0 Å². The molecule has 0 spiro atoms. The molecule has 0 amide bonds. The molecular formula is C13H14ClNO2. The lowest BCUT2D eigenvalue weighted by Gasteiger charge is -2.21. The Kier molecular flexibility index (Phi) is 2.87. The van der Waals surface area contributed by atoms with Crippen molar-refractivity contribution in [1.82, 2.24) is 4.98 Å². The largest absolute Gasteiger partial charge is 0.488 e. The Labute approximate surface area is 104 Å². The fourth-order valence-corrected chi connectivity index (χ4v) is 1.84. The van der Waals surface area contributed by atoms with Gasteiger partial charge < -0.3 is 9.72 Å². The number of aromatic amines is 1. The molecule has 0 radical (unpaired) electrons. The van der Waals surface area contributed by atoms with Crippen LogP contribution in [0.5, 0.6) is 5.75 Å². The van der Waals surface area contributed by atoms with E-state index in [1.165, 1.54) is 0 Å². The first-order valence-corrected chi connectivity index (χ1v) is 5.74. The molecule has 0 bridgehead atoms. The highest BCUT2D eigenvalue weighted by Crippen LogP contribution is 2.23. The number of pyridine rings is 1. The average Bonchev–Trinajstić information content (AvgIpc) is 2.13. The third kappa shape index (κ3) is 2.80. The van der Waals surface area contributed by atoms with Crippen molar-refractivity contribution in [3.63, 3.8) is 0 Å². The van der Waals surface area contributed by atoms with Crippen molar-refractivity contribution in [3.05, 3.63) is 39.8 Å². The number of ether oxygens (including phenoxy) is 1. The third-order valence-corrected chi connectivity index (χ3v) is 2.41. The van der Waals surface area contributed by atoms with Crippen molar-refractivity contribution in [3.8, 4) is 5.75 Å². The fraction of sp³-hybridized carbons (Fsp3) is 0.308. The molecule has 1 aromatic carbocycles. The van der Waals surface area contributed by atoms with Gasteiger partial charge in [-0.05, 0) is 50.4 Å². The quantitative estimate of drug-likeness (QED) is 0.790. The van der Waals surface area contributed by atoms with Gasteiger partial charge in [0.2, 0.25) is 0 Å². The van der Waals surface area contributed by atoms with Crippen molar-refractivity contribution in [2.75, 3.05) is 0 Å². The van der Waals surface area contributed by atoms with Crippen LogP contribution in [0, 0.1) is 0 Å². The second-order valence-corrected chi connectivity index (χ2v) is 5.32. The number of nitrogens with one attached hydrogen (secondary N) is 1. The van der Waals surface area contributed by atoms with Crippen LogP contribution in [-0.4, -0.2) is 10.6 Å². The van der Waals surface area contributed by atoms with Crippen LogP contribution in [-0.2, 0) is 0 Å². The molecule has 1 aromatic heterocycles. The van der Waals surface area contributed by atoms with Crippen molar-refractivity contribution in [2.24, 2.45) is 0 Å². The molecule has 1 heterocycles. The molecule has 1 N–H and O–H groups in total. The van der Waals surface area contributed by atoms with Crippen LogP contribution in [0.4, 0.5) is 0 Å². The molecule has 0 saturated heterocycles. The minimum absolute atomic E-state index is 0.185. The smallest absolute Gasteiger partial charge is 0.256 e. The molecule has 0 aliphatic rings. The van der Waals surface area contributed by atoms with Crippen LogP contribution in [0.25, 0.3) is 10.8 Å². The highest BCUT2D eigenvalue weighted by molar-refractivity contribution is 6.30. The lowest BCUT2D eigenvalue weighted by atomic mass is 10.1. The van der Waals surface area contributed by atoms with E-state index in [1.54, 1.807) is 18.2 Å². The van der Waals surface area contributed by atoms with Crippen molar-refractivity contribution in [2.45, 2.75) is 26.4 Å². The van der Waals surface area contributed by atoms with Crippen LogP contribution >= 0.6 is 11.6 Å². The van der Waals surface area contributed by atoms with Gasteiger partial charge >= 0.3 is 0 Å². The summed E-state index contributed by atoms with van der Waals surface area (Å²) in [6, 6.07) is 7.07. The van der Waals surface area contributed by atoms with E-state index >= 15 is 0 Å². The highest BCUT2D eigenvalue weighted by Gasteiger charge is 2.12. The Balaban J connectivity index is 2.54. The first kappa shape index (κ1) is 12.0. The van der Waals surface area contributed by atoms with E-state index in [2.05, 4.69) is 4.98 Å². The zero-order valence-electron chi connectivity index (χ0n) is 10.0. The molecule has 0 fully saturated rings. The van der Waals surface area contributed by atoms with E-state index in [9.17, 15) is 4.79 Å². The van der Waals surface area contributed by atoms with Gasteiger partial charge in [-0.2, -0.15) is 0 Å². The maximum absolute atomic E-state index is 11.6. The Bertz CT molecular complexity index is 611. The molecule has 0 aliphatic heterocycles. The highest BCUT2D eigenvalue weighted by atomic mass is 35.5. The van der Waals surface area contributed by atoms with Gasteiger partial charge in [-0.15, -0.1) is 0 Å². The van der Waals surface area contributed by atoms with Crippen LogP contribution < -0.4 is 10.3 Å². The molecule has 0 unspecified atom stereocenters. The number of hydrogen-bond acceptors (Lipinski definition) is 2. The maximum atomic E-state index is 11.6. The van der Waals surface area contributed by atoms with Gasteiger partial charge in [-0.25, -0.2) is 0 Å². The number of hydrogen-bond donors (Lipinski definition) is 1. The number of halogens is 1. The van der Waals surface area contributed by atoms with Crippen LogP contribution in [0.1, 0.15) is 20.8 Å². The predicted molar refractivity (Wildman–Crippen MR) is 70.0 cm³/mol. The Morgan fingerprint density at radius 3 is 2.59 bits per heavy atom. The first-order chi connectivity index (χ1) is 7.85. The van der Waals surface area contributed by atoms with E-state index in [0.29, 0.717) is 10.5 Å². The first-order valence-electron chi connectivity index (χ1n) is 5.37. The number of benzene rings is 1. The number of fused-ring (bicyclic) bond motifs is 1. The van der Waals surface area contributed by atoms with Crippen LogP contribution in [0.3, 0.4) is 0 Å². The average molecular weight is 252 g/mol. The van der Waals surface area contributed by atoms with Gasteiger partial charge in [0.1, 0.15) is 16.5 Å². The second-order valence-electron chi connectivity index (χ2n) is 4.91. The Morgan fingerprint density at radius 2 is 1.94 bits per heavy atom. The standard InChI is InChI=1S/C13H14ClNO2/c1-13(2,3)17-9-4-5-10-8(6-9)7-11(14)15-12(10)16/h4-7H,1-3H3,(H,15,16). The van der Waals surface area contributed by atoms with Gasteiger partial charge in [0.05, 0.1) is 0 Å². The summed E-state index contributed by atoms with van der Waals surface area (Å²) in [6.45, 7) is 5.92. The third-order valence-electron chi connectivity index (χ3n) is 2.21. The molecule has 0 aliphatic carbocycles. The fourth-order valence-electron chi connectivity index (χ4n) is 1.63. The molecule has 17 heavy (non-hydrogen) atoms. The summed E-state index contributed by atoms with van der Waals surface area (Å²) in [4.78, 5) is 14.2. The van der Waals surface area contributed by atoms with E-state index in [1.807, 2.05) is 26.8 Å². The molecule has 0 saturated carbocycles. The number of rotatable bonds is 1. The summed E-state index contributed by atoms with van der Waals surface area (Å²) in [6.07, 6.45) is 0. The zero-order chi connectivity index (χ0) is 12.6. The topological polar surface area (TPSA) is 42.1 Å². The van der Waals surface area contributed by atoms with Crippen molar-refractivity contribution in [1.29, 1.82) is 0 Å². The Morgan fingerprint density at radius 1 is 1.24 bits per heavy atom. The molecule has 90 valence electrons. The SMILES string of the molecule is CC(C)(C)Oc1ccc2c(=O)[nH]c(Cl)cc2c1. The van der Waals surface area contributed by atoms with Gasteiger partial charge in [0, 0.05) is 5.39 Å². The molecule has 4 heteroatoms. The molecule has 2 rings (SSSR count). The van der Waals surface area contributed by atoms with Crippen LogP contribution in [0.2, 0.25) is 5.15 Å². The minimum atomic E-state index is -0.265. The molecular weight excluding hydrogens is 238 g/mol. The molecule has 2 aromatic rings. The summed E-state index contributed by atoms with van der Waals surface area (Å²) < 4.78 is 5.73. The maximum Gasteiger partial charge on any atom is 0.256 e. The normalized spacial score (nSPS) is 11.8. The van der Waals surface area contributed by atoms with E-state index in [-0.39, 0.29) is 11.2 Å². The van der Waals surface area contributed by atoms with Gasteiger partial charge in [0.25, 0.3) is 5.56 Å². The second kappa shape index (κ2) is 4.08. The summed E-state index contributed by atoms with van der Waals surface area (Å²) in [5.74, 6) is 0.728. The molecule has 0 atom stereocenters. The van der Waals surface area contributed by atoms with E-state index in [0.717, 1.165) is 11.1 Å². The number of H-pyrrole nitrogens is 1. The van der Waals surface area contributed by atoms with E-state index < -0.39 is 0 Å². The summed E-state index contributed by atoms with van der Waals surface area (Å²) in [5, 5.41) is 1.71. The zero-order valence-corrected chi connectivity index (χ0v) is 10.8. The summed E-state index contributed by atoms with van der Waals surface area (Å²) >= 11 is 5.81. The monoisotopic (exact) mass is 251 g/mol. The number of aromatic nitrogens is 1. The summed E-state index contributed by atoms with van der Waals surface area (Å²) in [7, 11) is 0. The molecule has 3 nitrogen and oxygen atoms in total. The van der Waals surface area contributed by atoms with E-state index in [4.69, 9.17) is 16.3 Å².